The van der Waals surface area contributed by atoms with Gasteiger partial charge in [-0.15, -0.1) is 11.3 Å². The van der Waals surface area contributed by atoms with Crippen molar-refractivity contribution >= 4 is 21.4 Å². The second-order valence-electron chi connectivity index (χ2n) is 2.63. The SMILES string of the molecule is C[C@H](NS(C)(=O)=O)c1cccs1. The van der Waals surface area contributed by atoms with E-state index in [9.17, 15) is 8.42 Å². The third-order valence-electron chi connectivity index (χ3n) is 1.36. The van der Waals surface area contributed by atoms with Crippen LogP contribution in [0.2, 0.25) is 0 Å². The summed E-state index contributed by atoms with van der Waals surface area (Å²) >= 11 is 1.54. The Morgan fingerprint density at radius 2 is 2.25 bits per heavy atom. The zero-order valence-corrected chi connectivity index (χ0v) is 8.58. The first-order valence-electron chi connectivity index (χ1n) is 3.50. The summed E-state index contributed by atoms with van der Waals surface area (Å²) < 4.78 is 24.2. The molecule has 0 aliphatic heterocycles. The van der Waals surface area contributed by atoms with Gasteiger partial charge in [-0.25, -0.2) is 13.1 Å². The van der Waals surface area contributed by atoms with Gasteiger partial charge >= 0.3 is 0 Å². The first kappa shape index (κ1) is 9.70. The zero-order chi connectivity index (χ0) is 9.19. The fourth-order valence-electron chi connectivity index (χ4n) is 0.917. The Hall–Kier alpha value is -0.390. The first-order chi connectivity index (χ1) is 5.49. The quantitative estimate of drug-likeness (QED) is 0.810. The fraction of sp³-hybridized carbons (Fsp3) is 0.429. The van der Waals surface area contributed by atoms with Gasteiger partial charge in [0.1, 0.15) is 0 Å². The summed E-state index contributed by atoms with van der Waals surface area (Å²) in [5.41, 5.74) is 0. The summed E-state index contributed by atoms with van der Waals surface area (Å²) in [6.45, 7) is 1.83. The van der Waals surface area contributed by atoms with E-state index in [0.29, 0.717) is 0 Å². The van der Waals surface area contributed by atoms with Crippen LogP contribution in [0.5, 0.6) is 0 Å². The number of rotatable bonds is 3. The molecule has 0 aliphatic rings. The lowest BCUT2D eigenvalue weighted by atomic mass is 10.3. The van der Waals surface area contributed by atoms with Crippen molar-refractivity contribution in [2.75, 3.05) is 6.26 Å². The molecule has 1 atom stereocenters. The molecule has 0 saturated heterocycles. The van der Waals surface area contributed by atoms with E-state index in [0.717, 1.165) is 11.1 Å². The highest BCUT2D eigenvalue weighted by Crippen LogP contribution is 2.18. The summed E-state index contributed by atoms with van der Waals surface area (Å²) in [6, 6.07) is 3.69. The lowest BCUT2D eigenvalue weighted by Gasteiger charge is -2.08. The van der Waals surface area contributed by atoms with Gasteiger partial charge in [0.15, 0.2) is 0 Å². The van der Waals surface area contributed by atoms with Crippen LogP contribution >= 0.6 is 11.3 Å². The summed E-state index contributed by atoms with van der Waals surface area (Å²) in [4.78, 5) is 1.03. The monoisotopic (exact) mass is 205 g/mol. The van der Waals surface area contributed by atoms with Crippen LogP contribution in [-0.2, 0) is 10.0 Å². The van der Waals surface area contributed by atoms with Crippen molar-refractivity contribution in [2.45, 2.75) is 13.0 Å². The van der Waals surface area contributed by atoms with Gasteiger partial charge < -0.3 is 0 Å². The molecule has 0 amide bonds. The Morgan fingerprint density at radius 3 is 2.67 bits per heavy atom. The maximum atomic E-state index is 10.8. The Bertz CT molecular complexity index is 328. The van der Waals surface area contributed by atoms with Gasteiger partial charge in [-0.2, -0.15) is 0 Å². The highest BCUT2D eigenvalue weighted by molar-refractivity contribution is 7.88. The van der Waals surface area contributed by atoms with Crippen LogP contribution in [0.3, 0.4) is 0 Å². The molecule has 0 aromatic carbocycles. The molecule has 3 nitrogen and oxygen atoms in total. The van der Waals surface area contributed by atoms with Gasteiger partial charge in [0.2, 0.25) is 10.0 Å². The summed E-state index contributed by atoms with van der Waals surface area (Å²) in [6.07, 6.45) is 1.16. The van der Waals surface area contributed by atoms with Gasteiger partial charge in [-0.3, -0.25) is 0 Å². The first-order valence-corrected chi connectivity index (χ1v) is 6.27. The van der Waals surface area contributed by atoms with E-state index < -0.39 is 10.0 Å². The molecule has 0 radical (unpaired) electrons. The molecular weight excluding hydrogens is 194 g/mol. The molecule has 68 valence electrons. The second-order valence-corrected chi connectivity index (χ2v) is 5.39. The average Bonchev–Trinajstić information content (AvgIpc) is 2.32. The minimum Gasteiger partial charge on any atom is -0.213 e. The highest BCUT2D eigenvalue weighted by Gasteiger charge is 2.10. The van der Waals surface area contributed by atoms with E-state index in [4.69, 9.17) is 0 Å². The highest BCUT2D eigenvalue weighted by atomic mass is 32.2. The molecule has 1 N–H and O–H groups in total. The standard InChI is InChI=1S/C7H11NO2S2/c1-6(8-12(2,9)10)7-4-3-5-11-7/h3-6,8H,1-2H3/t6-/m0/s1. The third-order valence-corrected chi connectivity index (χ3v) is 3.20. The van der Waals surface area contributed by atoms with Crippen molar-refractivity contribution in [3.8, 4) is 0 Å². The van der Waals surface area contributed by atoms with Crippen LogP contribution < -0.4 is 4.72 Å². The number of thiophene rings is 1. The molecule has 5 heteroatoms. The van der Waals surface area contributed by atoms with Crippen molar-refractivity contribution in [1.82, 2.24) is 4.72 Å². The molecule has 1 aromatic rings. The molecule has 0 aliphatic carbocycles. The molecule has 0 unspecified atom stereocenters. The fourth-order valence-corrected chi connectivity index (χ4v) is 2.50. The lowest BCUT2D eigenvalue weighted by molar-refractivity contribution is 0.575. The van der Waals surface area contributed by atoms with E-state index in [1.807, 2.05) is 24.4 Å². The van der Waals surface area contributed by atoms with Gasteiger partial charge in [-0.05, 0) is 18.4 Å². The van der Waals surface area contributed by atoms with Crippen LogP contribution in [0.1, 0.15) is 17.8 Å². The molecule has 0 fully saturated rings. The van der Waals surface area contributed by atoms with Crippen LogP contribution in [0.15, 0.2) is 17.5 Å². The largest absolute Gasteiger partial charge is 0.213 e. The van der Waals surface area contributed by atoms with Gasteiger partial charge in [0.25, 0.3) is 0 Å². The van der Waals surface area contributed by atoms with Crippen molar-refractivity contribution in [3.63, 3.8) is 0 Å². The minimum atomic E-state index is -3.09. The predicted octanol–water partition coefficient (Wildman–Crippen LogP) is 1.36. The smallest absolute Gasteiger partial charge is 0.209 e. The number of hydrogen-bond donors (Lipinski definition) is 1. The summed E-state index contributed by atoms with van der Waals surface area (Å²) in [5.74, 6) is 0. The van der Waals surface area contributed by atoms with Crippen molar-refractivity contribution in [3.05, 3.63) is 22.4 Å². The van der Waals surface area contributed by atoms with Crippen LogP contribution in [-0.4, -0.2) is 14.7 Å². The predicted molar refractivity (Wildman–Crippen MR) is 50.7 cm³/mol. The van der Waals surface area contributed by atoms with E-state index in [1.54, 1.807) is 11.3 Å². The maximum absolute atomic E-state index is 10.8. The average molecular weight is 205 g/mol. The summed E-state index contributed by atoms with van der Waals surface area (Å²) in [5, 5.41) is 1.93. The topological polar surface area (TPSA) is 46.2 Å². The Kier molecular flexibility index (Phi) is 2.87. The van der Waals surface area contributed by atoms with Crippen LogP contribution in [0.25, 0.3) is 0 Å². The lowest BCUT2D eigenvalue weighted by Crippen LogP contribution is -2.24. The van der Waals surface area contributed by atoms with E-state index in [1.165, 1.54) is 0 Å². The van der Waals surface area contributed by atoms with E-state index in [2.05, 4.69) is 4.72 Å². The molecule has 0 saturated carbocycles. The number of nitrogens with one attached hydrogen (secondary N) is 1. The molecule has 12 heavy (non-hydrogen) atoms. The zero-order valence-electron chi connectivity index (χ0n) is 6.94. The van der Waals surface area contributed by atoms with Gasteiger partial charge in [0, 0.05) is 4.88 Å². The number of sulfonamides is 1. The third kappa shape index (κ3) is 2.92. The minimum absolute atomic E-state index is 0.125. The Morgan fingerprint density at radius 1 is 1.58 bits per heavy atom. The van der Waals surface area contributed by atoms with Crippen molar-refractivity contribution < 1.29 is 8.42 Å². The van der Waals surface area contributed by atoms with Crippen LogP contribution in [0, 0.1) is 0 Å². The van der Waals surface area contributed by atoms with Gasteiger partial charge in [0.05, 0.1) is 12.3 Å². The summed E-state index contributed by atoms with van der Waals surface area (Å²) in [7, 11) is -3.09. The van der Waals surface area contributed by atoms with E-state index >= 15 is 0 Å². The molecule has 0 spiro atoms. The Labute approximate surface area is 76.5 Å². The number of hydrogen-bond acceptors (Lipinski definition) is 3. The van der Waals surface area contributed by atoms with Crippen LogP contribution in [0.4, 0.5) is 0 Å². The normalized spacial score (nSPS) is 14.5. The van der Waals surface area contributed by atoms with Gasteiger partial charge in [-0.1, -0.05) is 6.07 Å². The van der Waals surface area contributed by atoms with Crippen molar-refractivity contribution in [1.29, 1.82) is 0 Å². The van der Waals surface area contributed by atoms with E-state index in [-0.39, 0.29) is 6.04 Å². The Balaban J connectivity index is 2.68. The maximum Gasteiger partial charge on any atom is 0.209 e. The second kappa shape index (κ2) is 3.55. The molecule has 1 rings (SSSR count). The van der Waals surface area contributed by atoms with Crippen molar-refractivity contribution in [2.24, 2.45) is 0 Å². The molecule has 0 bridgehead atoms. The molecule has 1 heterocycles. The molecule has 1 aromatic heterocycles. The molecular formula is C7H11NO2S2.